The molecule has 0 bridgehead atoms. The first kappa shape index (κ1) is 17.5. The minimum absolute atomic E-state index is 0.282. The second-order valence-corrected chi connectivity index (χ2v) is 6.56. The third-order valence-electron chi connectivity index (χ3n) is 4.13. The third kappa shape index (κ3) is 4.12. The summed E-state index contributed by atoms with van der Waals surface area (Å²) >= 11 is 0. The van der Waals surface area contributed by atoms with Crippen LogP contribution in [0.1, 0.15) is 51.4 Å². The van der Waals surface area contributed by atoms with Gasteiger partial charge < -0.3 is 14.8 Å². The molecule has 1 aromatic heterocycles. The number of nitrogens with one attached hydrogen (secondary N) is 1. The monoisotopic (exact) mass is 317 g/mol. The minimum atomic E-state index is -0.573. The van der Waals surface area contributed by atoms with Crippen LogP contribution in [-0.4, -0.2) is 25.9 Å². The molecule has 0 saturated heterocycles. The maximum absolute atomic E-state index is 10.1. The van der Waals surface area contributed by atoms with Crippen molar-refractivity contribution in [2.75, 3.05) is 0 Å². The Hall–Kier alpha value is -1.85. The number of aliphatic hydroxyl groups excluding tert-OH is 1. The first-order valence-electron chi connectivity index (χ1n) is 8.10. The van der Waals surface area contributed by atoms with E-state index in [2.05, 4.69) is 31.1 Å². The molecule has 2 atom stereocenters. The Bertz CT molecular complexity index is 621. The van der Waals surface area contributed by atoms with Crippen molar-refractivity contribution in [3.63, 3.8) is 0 Å². The smallest absolute Gasteiger partial charge is 0.118 e. The molecule has 3 N–H and O–H groups in total. The summed E-state index contributed by atoms with van der Waals surface area (Å²) in [5.74, 6) is 0.341. The summed E-state index contributed by atoms with van der Waals surface area (Å²) in [6.07, 6.45) is 6.20. The van der Waals surface area contributed by atoms with Gasteiger partial charge in [0.05, 0.1) is 12.4 Å². The molecular formula is C18H27N3O2. The zero-order valence-electron chi connectivity index (χ0n) is 14.3. The van der Waals surface area contributed by atoms with Crippen LogP contribution >= 0.6 is 0 Å². The van der Waals surface area contributed by atoms with Crippen molar-refractivity contribution in [1.82, 2.24) is 14.9 Å². The molecule has 5 heteroatoms. The zero-order valence-corrected chi connectivity index (χ0v) is 14.3. The van der Waals surface area contributed by atoms with Crippen molar-refractivity contribution in [3.05, 3.63) is 48.0 Å². The van der Waals surface area contributed by atoms with Gasteiger partial charge in [-0.1, -0.05) is 25.5 Å². The lowest BCUT2D eigenvalue weighted by Gasteiger charge is -2.34. The molecule has 126 valence electrons. The van der Waals surface area contributed by atoms with Crippen LogP contribution in [0.15, 0.2) is 36.9 Å². The van der Waals surface area contributed by atoms with Crippen molar-refractivity contribution in [2.45, 2.75) is 58.3 Å². The average Bonchev–Trinajstić information content (AvgIpc) is 3.01. The van der Waals surface area contributed by atoms with Gasteiger partial charge in [-0.05, 0) is 44.4 Å². The Morgan fingerprint density at radius 2 is 2.09 bits per heavy atom. The highest BCUT2D eigenvalue weighted by Crippen LogP contribution is 2.29. The minimum Gasteiger partial charge on any atom is -0.508 e. The second-order valence-electron chi connectivity index (χ2n) is 6.56. The molecule has 1 heterocycles. The van der Waals surface area contributed by atoms with Gasteiger partial charge in [0.2, 0.25) is 0 Å². The van der Waals surface area contributed by atoms with E-state index in [1.54, 1.807) is 25.5 Å². The molecule has 0 amide bonds. The molecule has 23 heavy (non-hydrogen) atoms. The third-order valence-corrected chi connectivity index (χ3v) is 4.13. The molecule has 2 rings (SSSR count). The van der Waals surface area contributed by atoms with Crippen LogP contribution in [0.25, 0.3) is 0 Å². The topological polar surface area (TPSA) is 70.3 Å². The van der Waals surface area contributed by atoms with Crippen LogP contribution in [0.2, 0.25) is 0 Å². The number of aromatic hydroxyl groups is 1. The fraction of sp³-hybridized carbons (Fsp3) is 0.500. The van der Waals surface area contributed by atoms with E-state index in [0.29, 0.717) is 5.75 Å². The average molecular weight is 317 g/mol. The molecule has 5 nitrogen and oxygen atoms in total. The molecule has 2 unspecified atom stereocenters. The van der Waals surface area contributed by atoms with E-state index >= 15 is 0 Å². The fourth-order valence-electron chi connectivity index (χ4n) is 2.78. The summed E-state index contributed by atoms with van der Waals surface area (Å²) in [4.78, 5) is 4.06. The van der Waals surface area contributed by atoms with Gasteiger partial charge in [-0.3, -0.25) is 5.32 Å². The predicted octanol–water partition coefficient (Wildman–Crippen LogP) is 2.95. The SMILES string of the molecule is CCCc1cc(C(C)(C)NC(C(C)O)n2ccnc2)ccc1O. The Kier molecular flexibility index (Phi) is 5.44. The summed E-state index contributed by atoms with van der Waals surface area (Å²) in [5.41, 5.74) is 1.66. The largest absolute Gasteiger partial charge is 0.508 e. The van der Waals surface area contributed by atoms with Gasteiger partial charge in [-0.2, -0.15) is 0 Å². The van der Waals surface area contributed by atoms with Crippen molar-refractivity contribution in [2.24, 2.45) is 0 Å². The first-order valence-corrected chi connectivity index (χ1v) is 8.10. The van der Waals surface area contributed by atoms with Gasteiger partial charge in [0.1, 0.15) is 11.9 Å². The quantitative estimate of drug-likeness (QED) is 0.734. The van der Waals surface area contributed by atoms with Crippen LogP contribution in [0, 0.1) is 0 Å². The Labute approximate surface area is 138 Å². The van der Waals surface area contributed by atoms with Crippen LogP contribution in [-0.2, 0) is 12.0 Å². The van der Waals surface area contributed by atoms with E-state index in [0.717, 1.165) is 24.0 Å². The van der Waals surface area contributed by atoms with E-state index in [4.69, 9.17) is 0 Å². The molecule has 0 radical (unpaired) electrons. The number of rotatable bonds is 7. The van der Waals surface area contributed by atoms with Gasteiger partial charge in [0.15, 0.2) is 0 Å². The van der Waals surface area contributed by atoms with Crippen LogP contribution in [0.3, 0.4) is 0 Å². The number of benzene rings is 1. The number of hydrogen-bond donors (Lipinski definition) is 3. The Morgan fingerprint density at radius 3 is 2.65 bits per heavy atom. The highest BCUT2D eigenvalue weighted by molar-refractivity contribution is 5.38. The predicted molar refractivity (Wildman–Crippen MR) is 91.2 cm³/mol. The van der Waals surface area contributed by atoms with E-state index in [1.807, 2.05) is 22.9 Å². The van der Waals surface area contributed by atoms with Gasteiger partial charge >= 0.3 is 0 Å². The maximum atomic E-state index is 10.1. The summed E-state index contributed by atoms with van der Waals surface area (Å²) in [6.45, 7) is 7.99. The number of nitrogens with zero attached hydrogens (tertiary/aromatic N) is 2. The molecule has 0 aliphatic carbocycles. The summed E-state index contributed by atoms with van der Waals surface area (Å²) in [5, 5.41) is 23.6. The molecule has 0 fully saturated rings. The number of phenolic OH excluding ortho intramolecular Hbond substituents is 1. The van der Waals surface area contributed by atoms with E-state index in [9.17, 15) is 10.2 Å². The standard InChI is InChI=1S/C18H27N3O2/c1-5-6-14-11-15(7-8-16(14)23)18(3,4)20-17(13(2)22)21-10-9-19-12-21/h7-13,17,20,22-23H,5-6H2,1-4H3. The van der Waals surface area contributed by atoms with Crippen molar-refractivity contribution in [1.29, 1.82) is 0 Å². The highest BCUT2D eigenvalue weighted by Gasteiger charge is 2.28. The number of aliphatic hydroxyl groups is 1. The molecule has 0 aliphatic rings. The van der Waals surface area contributed by atoms with Crippen LogP contribution < -0.4 is 5.32 Å². The lowest BCUT2D eigenvalue weighted by atomic mass is 9.91. The van der Waals surface area contributed by atoms with Crippen LogP contribution in [0.5, 0.6) is 5.75 Å². The molecule has 2 aromatic rings. The molecule has 0 saturated carbocycles. The normalized spacial score (nSPS) is 14.7. The molecule has 0 aliphatic heterocycles. The van der Waals surface area contributed by atoms with E-state index in [-0.39, 0.29) is 11.7 Å². The number of aryl methyl sites for hydroxylation is 1. The number of hydrogen-bond acceptors (Lipinski definition) is 4. The number of aromatic nitrogens is 2. The van der Waals surface area contributed by atoms with Gasteiger partial charge in [0.25, 0.3) is 0 Å². The van der Waals surface area contributed by atoms with E-state index in [1.165, 1.54) is 0 Å². The lowest BCUT2D eigenvalue weighted by molar-refractivity contribution is 0.0884. The molecule has 0 spiro atoms. The van der Waals surface area contributed by atoms with Gasteiger partial charge in [-0.25, -0.2) is 4.98 Å². The summed E-state index contributed by atoms with van der Waals surface area (Å²) in [6, 6.07) is 5.71. The van der Waals surface area contributed by atoms with Gasteiger partial charge in [-0.15, -0.1) is 0 Å². The maximum Gasteiger partial charge on any atom is 0.118 e. The molecular weight excluding hydrogens is 290 g/mol. The van der Waals surface area contributed by atoms with Gasteiger partial charge in [0, 0.05) is 17.9 Å². The second kappa shape index (κ2) is 7.15. The summed E-state index contributed by atoms with van der Waals surface area (Å²) in [7, 11) is 0. The number of imidazole rings is 1. The van der Waals surface area contributed by atoms with Crippen LogP contribution in [0.4, 0.5) is 0 Å². The van der Waals surface area contributed by atoms with Crippen molar-refractivity contribution >= 4 is 0 Å². The summed E-state index contributed by atoms with van der Waals surface area (Å²) < 4.78 is 1.86. The lowest BCUT2D eigenvalue weighted by Crippen LogP contribution is -2.45. The molecule has 1 aromatic carbocycles. The number of phenols is 1. The van der Waals surface area contributed by atoms with Crippen molar-refractivity contribution in [3.8, 4) is 5.75 Å². The highest BCUT2D eigenvalue weighted by atomic mass is 16.3. The Balaban J connectivity index is 2.28. The zero-order chi connectivity index (χ0) is 17.0. The fourth-order valence-corrected chi connectivity index (χ4v) is 2.78. The first-order chi connectivity index (χ1) is 10.8. The van der Waals surface area contributed by atoms with E-state index < -0.39 is 6.10 Å². The van der Waals surface area contributed by atoms with Crippen molar-refractivity contribution < 1.29 is 10.2 Å². The Morgan fingerprint density at radius 1 is 1.35 bits per heavy atom.